The Kier molecular flexibility index (Phi) is 4.72. The van der Waals surface area contributed by atoms with Crippen LogP contribution in [-0.4, -0.2) is 53.5 Å². The second-order valence-corrected chi connectivity index (χ2v) is 4.82. The maximum atomic E-state index is 11.8. The molecule has 1 aliphatic heterocycles. The Bertz CT molecular complexity index is 339. The van der Waals surface area contributed by atoms with Crippen LogP contribution in [0.2, 0.25) is 0 Å². The third-order valence-electron chi connectivity index (χ3n) is 2.63. The molecular formula is C12H19NO5. The number of aliphatic carboxylic acids is 1. The average molecular weight is 257 g/mol. The van der Waals surface area contributed by atoms with Crippen LogP contribution in [0.3, 0.4) is 0 Å². The molecule has 1 unspecified atom stereocenters. The standard InChI is InChI=1S/C12H19NO5/c1-4-5-17-11(16)13-8-12(2,3)18-7-9(13)6-10(14)15/h4,9H,1,5-8H2,2-3H3,(H,14,15). The minimum atomic E-state index is -0.968. The van der Waals surface area contributed by atoms with Crippen LogP contribution in [0, 0.1) is 0 Å². The van der Waals surface area contributed by atoms with Crippen molar-refractivity contribution in [1.29, 1.82) is 0 Å². The molecule has 6 heteroatoms. The van der Waals surface area contributed by atoms with Crippen LogP contribution >= 0.6 is 0 Å². The second-order valence-electron chi connectivity index (χ2n) is 4.82. The van der Waals surface area contributed by atoms with Gasteiger partial charge in [-0.1, -0.05) is 12.7 Å². The first-order chi connectivity index (χ1) is 8.35. The summed E-state index contributed by atoms with van der Waals surface area (Å²) in [4.78, 5) is 24.0. The summed E-state index contributed by atoms with van der Waals surface area (Å²) >= 11 is 0. The number of hydrogen-bond donors (Lipinski definition) is 1. The molecule has 0 radical (unpaired) electrons. The molecule has 1 N–H and O–H groups in total. The van der Waals surface area contributed by atoms with Crippen LogP contribution in [0.1, 0.15) is 20.3 Å². The lowest BCUT2D eigenvalue weighted by molar-refractivity contribution is -0.144. The smallest absolute Gasteiger partial charge is 0.410 e. The molecule has 1 saturated heterocycles. The fraction of sp³-hybridized carbons (Fsp3) is 0.667. The van der Waals surface area contributed by atoms with E-state index in [9.17, 15) is 9.59 Å². The summed E-state index contributed by atoms with van der Waals surface area (Å²) in [5.41, 5.74) is -0.498. The lowest BCUT2D eigenvalue weighted by Crippen LogP contribution is -2.56. The molecule has 0 saturated carbocycles. The molecule has 0 spiro atoms. The maximum absolute atomic E-state index is 11.8. The molecule has 1 atom stereocenters. The summed E-state index contributed by atoms with van der Waals surface area (Å²) in [6, 6.07) is -0.493. The van der Waals surface area contributed by atoms with E-state index in [1.807, 2.05) is 13.8 Å². The summed E-state index contributed by atoms with van der Waals surface area (Å²) in [7, 11) is 0. The number of hydrogen-bond acceptors (Lipinski definition) is 4. The summed E-state index contributed by atoms with van der Waals surface area (Å²) in [6.45, 7) is 7.76. The first kappa shape index (κ1) is 14.5. The largest absolute Gasteiger partial charge is 0.481 e. The van der Waals surface area contributed by atoms with Crippen molar-refractivity contribution in [2.75, 3.05) is 19.8 Å². The van der Waals surface area contributed by atoms with Crippen LogP contribution in [-0.2, 0) is 14.3 Å². The molecule has 6 nitrogen and oxygen atoms in total. The zero-order valence-electron chi connectivity index (χ0n) is 10.7. The van der Waals surface area contributed by atoms with Crippen LogP contribution in [0.15, 0.2) is 12.7 Å². The molecule has 1 fully saturated rings. The van der Waals surface area contributed by atoms with E-state index in [0.29, 0.717) is 6.54 Å². The Hall–Kier alpha value is -1.56. The van der Waals surface area contributed by atoms with E-state index >= 15 is 0 Å². The quantitative estimate of drug-likeness (QED) is 0.767. The molecule has 0 aromatic carbocycles. The van der Waals surface area contributed by atoms with Gasteiger partial charge in [0.1, 0.15) is 6.61 Å². The molecule has 0 aromatic heterocycles. The lowest BCUT2D eigenvalue weighted by atomic mass is 10.0. The van der Waals surface area contributed by atoms with Crippen molar-refractivity contribution in [3.63, 3.8) is 0 Å². The Morgan fingerprint density at radius 2 is 2.28 bits per heavy atom. The van der Waals surface area contributed by atoms with Gasteiger partial charge in [-0.15, -0.1) is 0 Å². The van der Waals surface area contributed by atoms with Crippen LogP contribution < -0.4 is 0 Å². The van der Waals surface area contributed by atoms with Crippen molar-refractivity contribution >= 4 is 12.1 Å². The molecule has 18 heavy (non-hydrogen) atoms. The van der Waals surface area contributed by atoms with Gasteiger partial charge in [0.15, 0.2) is 0 Å². The van der Waals surface area contributed by atoms with E-state index in [1.165, 1.54) is 11.0 Å². The van der Waals surface area contributed by atoms with E-state index in [-0.39, 0.29) is 19.6 Å². The van der Waals surface area contributed by atoms with Crippen LogP contribution in [0.5, 0.6) is 0 Å². The Morgan fingerprint density at radius 3 is 2.83 bits per heavy atom. The summed E-state index contributed by atoms with van der Waals surface area (Å²) in [5.74, 6) is -0.968. The van der Waals surface area contributed by atoms with Crippen LogP contribution in [0.4, 0.5) is 4.79 Å². The number of carboxylic acids is 1. The van der Waals surface area contributed by atoms with E-state index in [4.69, 9.17) is 14.6 Å². The fourth-order valence-corrected chi connectivity index (χ4v) is 1.79. The van der Waals surface area contributed by atoms with E-state index in [2.05, 4.69) is 6.58 Å². The summed E-state index contributed by atoms with van der Waals surface area (Å²) in [6.07, 6.45) is 0.784. The van der Waals surface area contributed by atoms with Crippen molar-refractivity contribution in [1.82, 2.24) is 4.90 Å². The maximum Gasteiger partial charge on any atom is 0.410 e. The number of carbonyl (C=O) groups excluding carboxylic acids is 1. The highest BCUT2D eigenvalue weighted by molar-refractivity contribution is 5.72. The van der Waals surface area contributed by atoms with Crippen molar-refractivity contribution in [3.8, 4) is 0 Å². The van der Waals surface area contributed by atoms with Gasteiger partial charge in [-0.2, -0.15) is 0 Å². The van der Waals surface area contributed by atoms with Gasteiger partial charge in [0.2, 0.25) is 0 Å². The zero-order chi connectivity index (χ0) is 13.8. The highest BCUT2D eigenvalue weighted by Gasteiger charge is 2.38. The van der Waals surface area contributed by atoms with Gasteiger partial charge in [0.05, 0.1) is 31.2 Å². The van der Waals surface area contributed by atoms with Crippen molar-refractivity contribution in [2.24, 2.45) is 0 Å². The van der Waals surface area contributed by atoms with Gasteiger partial charge >= 0.3 is 12.1 Å². The van der Waals surface area contributed by atoms with Gasteiger partial charge < -0.3 is 14.6 Å². The Labute approximate surface area is 106 Å². The lowest BCUT2D eigenvalue weighted by Gasteiger charge is -2.42. The molecular weight excluding hydrogens is 238 g/mol. The monoisotopic (exact) mass is 257 g/mol. The number of rotatable bonds is 4. The Morgan fingerprint density at radius 1 is 1.61 bits per heavy atom. The highest BCUT2D eigenvalue weighted by Crippen LogP contribution is 2.23. The SMILES string of the molecule is C=CCOC(=O)N1CC(C)(C)OCC1CC(=O)O. The van der Waals surface area contributed by atoms with Crippen molar-refractivity contribution < 1.29 is 24.2 Å². The molecule has 0 aliphatic carbocycles. The molecule has 1 heterocycles. The molecule has 1 aliphatic rings. The molecule has 0 bridgehead atoms. The number of ether oxygens (including phenoxy) is 2. The van der Waals surface area contributed by atoms with Gasteiger partial charge in [0, 0.05) is 0 Å². The minimum absolute atomic E-state index is 0.108. The number of nitrogens with zero attached hydrogens (tertiary/aromatic N) is 1. The van der Waals surface area contributed by atoms with Gasteiger partial charge in [0.25, 0.3) is 0 Å². The third-order valence-corrected chi connectivity index (χ3v) is 2.63. The normalized spacial score (nSPS) is 22.3. The topological polar surface area (TPSA) is 76.1 Å². The highest BCUT2D eigenvalue weighted by atomic mass is 16.6. The minimum Gasteiger partial charge on any atom is -0.481 e. The first-order valence-corrected chi connectivity index (χ1v) is 5.76. The summed E-state index contributed by atoms with van der Waals surface area (Å²) in [5, 5.41) is 8.82. The zero-order valence-corrected chi connectivity index (χ0v) is 10.7. The molecule has 1 amide bonds. The van der Waals surface area contributed by atoms with E-state index in [1.54, 1.807) is 0 Å². The van der Waals surface area contributed by atoms with Gasteiger partial charge in [-0.25, -0.2) is 4.79 Å². The molecule has 0 aromatic rings. The Balaban J connectivity index is 2.73. The fourth-order valence-electron chi connectivity index (χ4n) is 1.79. The van der Waals surface area contributed by atoms with E-state index < -0.39 is 23.7 Å². The van der Waals surface area contributed by atoms with Gasteiger partial charge in [-0.3, -0.25) is 9.69 Å². The predicted octanol–water partition coefficient (Wildman–Crippen LogP) is 1.26. The van der Waals surface area contributed by atoms with E-state index in [0.717, 1.165) is 0 Å². The number of morpholine rings is 1. The number of carbonyl (C=O) groups is 2. The average Bonchev–Trinajstić information content (AvgIpc) is 2.27. The molecule has 102 valence electrons. The molecule has 1 rings (SSSR count). The number of amides is 1. The van der Waals surface area contributed by atoms with Gasteiger partial charge in [-0.05, 0) is 13.8 Å². The second kappa shape index (κ2) is 5.86. The summed E-state index contributed by atoms with van der Waals surface area (Å²) < 4.78 is 10.5. The third kappa shape index (κ3) is 4.03. The number of carboxylic acid groups (broad SMARTS) is 1. The van der Waals surface area contributed by atoms with Crippen molar-refractivity contribution in [3.05, 3.63) is 12.7 Å². The van der Waals surface area contributed by atoms with Crippen molar-refractivity contribution in [2.45, 2.75) is 31.9 Å². The predicted molar refractivity (Wildman–Crippen MR) is 64.3 cm³/mol. The van der Waals surface area contributed by atoms with Crippen LogP contribution in [0.25, 0.3) is 0 Å². The first-order valence-electron chi connectivity index (χ1n) is 5.76.